The highest BCUT2D eigenvalue weighted by molar-refractivity contribution is 7.89. The van der Waals surface area contributed by atoms with Gasteiger partial charge in [0, 0.05) is 0 Å². The highest BCUT2D eigenvalue weighted by atomic mass is 32.2. The van der Waals surface area contributed by atoms with Gasteiger partial charge in [-0.1, -0.05) is 36.4 Å². The molecule has 0 spiro atoms. The van der Waals surface area contributed by atoms with Crippen LogP contribution in [0.4, 0.5) is 4.79 Å². The molecule has 27 heavy (non-hydrogen) atoms. The van der Waals surface area contributed by atoms with E-state index >= 15 is 0 Å². The van der Waals surface area contributed by atoms with E-state index in [1.807, 2.05) is 13.8 Å². The number of hydrogen-bond acceptors (Lipinski definition) is 5. The predicted octanol–water partition coefficient (Wildman–Crippen LogP) is 2.30. The van der Waals surface area contributed by atoms with Crippen molar-refractivity contribution in [3.05, 3.63) is 65.2 Å². The highest BCUT2D eigenvalue weighted by Crippen LogP contribution is 2.22. The maximum atomic E-state index is 12.9. The van der Waals surface area contributed by atoms with Crippen LogP contribution in [0, 0.1) is 13.8 Å². The Hall–Kier alpha value is -2.71. The number of imide groups is 1. The van der Waals surface area contributed by atoms with E-state index in [1.54, 1.807) is 42.5 Å². The molecule has 142 valence electrons. The van der Waals surface area contributed by atoms with Crippen molar-refractivity contribution in [1.29, 1.82) is 0 Å². The van der Waals surface area contributed by atoms with Crippen molar-refractivity contribution in [3.8, 4) is 0 Å². The largest absolute Gasteiger partial charge is 0.439 e. The molecule has 0 unspecified atom stereocenters. The van der Waals surface area contributed by atoms with Gasteiger partial charge in [0.1, 0.15) is 0 Å². The highest BCUT2D eigenvalue weighted by Gasteiger charge is 2.34. The van der Waals surface area contributed by atoms with Crippen LogP contribution in [0.3, 0.4) is 0 Å². The first-order valence-corrected chi connectivity index (χ1v) is 9.88. The molecular weight excluding hydrogens is 368 g/mol. The maximum Gasteiger partial charge on any atom is 0.417 e. The zero-order valence-corrected chi connectivity index (χ0v) is 15.8. The topological polar surface area (TPSA) is 92.8 Å². The Kier molecular flexibility index (Phi) is 5.29. The second kappa shape index (κ2) is 7.50. The van der Waals surface area contributed by atoms with Gasteiger partial charge in [-0.3, -0.25) is 4.79 Å². The smallest absolute Gasteiger partial charge is 0.417 e. The number of hydrogen-bond donors (Lipinski definition) is 1. The second-order valence-corrected chi connectivity index (χ2v) is 8.10. The standard InChI is InChI=1S/C19H20N2O5S/c1-13-8-9-16(10-14(13)2)27(24,25)20-17(15-6-4-3-5-7-15)11-21-18(22)12-26-19(21)23/h3-10,17,20H,11-12H2,1-2H3/t17-/m1/s1. The molecule has 1 N–H and O–H groups in total. The van der Waals surface area contributed by atoms with Crippen molar-refractivity contribution in [2.24, 2.45) is 0 Å². The molecule has 1 saturated heterocycles. The van der Waals surface area contributed by atoms with Crippen LogP contribution in [0.1, 0.15) is 22.7 Å². The fourth-order valence-corrected chi connectivity index (χ4v) is 4.07. The average molecular weight is 388 g/mol. The molecule has 1 heterocycles. The average Bonchev–Trinajstić information content (AvgIpc) is 2.96. The van der Waals surface area contributed by atoms with Crippen molar-refractivity contribution in [3.63, 3.8) is 0 Å². The summed E-state index contributed by atoms with van der Waals surface area (Å²) in [5.74, 6) is -0.494. The van der Waals surface area contributed by atoms with E-state index in [-0.39, 0.29) is 18.0 Å². The SMILES string of the molecule is Cc1ccc(S(=O)(=O)N[C@H](CN2C(=O)COC2=O)c2ccccc2)cc1C. The molecule has 0 bridgehead atoms. The van der Waals surface area contributed by atoms with Gasteiger partial charge in [-0.05, 0) is 42.7 Å². The van der Waals surface area contributed by atoms with E-state index < -0.39 is 28.1 Å². The van der Waals surface area contributed by atoms with Gasteiger partial charge in [0.25, 0.3) is 5.91 Å². The van der Waals surface area contributed by atoms with E-state index in [9.17, 15) is 18.0 Å². The van der Waals surface area contributed by atoms with Gasteiger partial charge in [0.2, 0.25) is 10.0 Å². The van der Waals surface area contributed by atoms with Crippen molar-refractivity contribution in [2.45, 2.75) is 24.8 Å². The van der Waals surface area contributed by atoms with Crippen LogP contribution in [-0.4, -0.2) is 38.5 Å². The summed E-state index contributed by atoms with van der Waals surface area (Å²) in [4.78, 5) is 24.7. The summed E-state index contributed by atoms with van der Waals surface area (Å²) in [6.07, 6.45) is -0.772. The van der Waals surface area contributed by atoms with Gasteiger partial charge in [0.15, 0.2) is 6.61 Å². The number of cyclic esters (lactones) is 1. The molecule has 0 saturated carbocycles. The third-order valence-electron chi connectivity index (χ3n) is 4.49. The molecule has 0 radical (unpaired) electrons. The zero-order chi connectivity index (χ0) is 19.6. The van der Waals surface area contributed by atoms with Crippen LogP contribution >= 0.6 is 0 Å². The van der Waals surface area contributed by atoms with Gasteiger partial charge in [0.05, 0.1) is 17.5 Å². The quantitative estimate of drug-likeness (QED) is 0.820. The minimum absolute atomic E-state index is 0.127. The third-order valence-corrected chi connectivity index (χ3v) is 5.96. The summed E-state index contributed by atoms with van der Waals surface area (Å²) in [6.45, 7) is 3.26. The number of rotatable bonds is 6. The lowest BCUT2D eigenvalue weighted by molar-refractivity contribution is -0.126. The van der Waals surface area contributed by atoms with Gasteiger partial charge in [-0.15, -0.1) is 0 Å². The Morgan fingerprint density at radius 2 is 1.78 bits per heavy atom. The lowest BCUT2D eigenvalue weighted by Gasteiger charge is -2.23. The first-order valence-electron chi connectivity index (χ1n) is 8.39. The number of sulfonamides is 1. The van der Waals surface area contributed by atoms with E-state index in [0.717, 1.165) is 16.0 Å². The first kappa shape index (κ1) is 19.1. The van der Waals surface area contributed by atoms with Crippen molar-refractivity contribution in [1.82, 2.24) is 9.62 Å². The van der Waals surface area contributed by atoms with Gasteiger partial charge in [-0.2, -0.15) is 0 Å². The third kappa shape index (κ3) is 4.17. The van der Waals surface area contributed by atoms with E-state index in [2.05, 4.69) is 4.72 Å². The Labute approximate surface area is 158 Å². The fourth-order valence-electron chi connectivity index (χ4n) is 2.77. The fraction of sp³-hybridized carbons (Fsp3) is 0.263. The summed E-state index contributed by atoms with van der Waals surface area (Å²) in [7, 11) is -3.86. The van der Waals surface area contributed by atoms with Gasteiger partial charge >= 0.3 is 6.09 Å². The Bertz CT molecular complexity index is 957. The summed E-state index contributed by atoms with van der Waals surface area (Å²) in [5, 5.41) is 0. The van der Waals surface area contributed by atoms with E-state index in [1.165, 1.54) is 6.07 Å². The lowest BCUT2D eigenvalue weighted by Crippen LogP contribution is -2.40. The van der Waals surface area contributed by atoms with Crippen molar-refractivity contribution in [2.75, 3.05) is 13.2 Å². The van der Waals surface area contributed by atoms with Crippen molar-refractivity contribution >= 4 is 22.0 Å². The number of nitrogens with zero attached hydrogens (tertiary/aromatic N) is 1. The van der Waals surface area contributed by atoms with Crippen LogP contribution in [0.2, 0.25) is 0 Å². The molecule has 1 aliphatic rings. The van der Waals surface area contributed by atoms with Crippen LogP contribution in [0.15, 0.2) is 53.4 Å². The Balaban J connectivity index is 1.92. The second-order valence-electron chi connectivity index (χ2n) is 6.39. The molecule has 0 aromatic heterocycles. The number of carbonyl (C=O) groups is 2. The van der Waals surface area contributed by atoms with Crippen LogP contribution in [0.5, 0.6) is 0 Å². The van der Waals surface area contributed by atoms with Crippen LogP contribution < -0.4 is 4.72 Å². The predicted molar refractivity (Wildman–Crippen MR) is 98.5 cm³/mol. The Morgan fingerprint density at radius 3 is 2.37 bits per heavy atom. The molecule has 3 rings (SSSR count). The first-order chi connectivity index (χ1) is 12.8. The maximum absolute atomic E-state index is 12.9. The number of amides is 2. The Morgan fingerprint density at radius 1 is 1.07 bits per heavy atom. The number of aryl methyl sites for hydroxylation is 2. The molecule has 0 aliphatic carbocycles. The summed E-state index contributed by atoms with van der Waals surface area (Å²) in [6, 6.07) is 12.9. The monoisotopic (exact) mass is 388 g/mol. The molecule has 1 aliphatic heterocycles. The number of ether oxygens (including phenoxy) is 1. The molecule has 2 aromatic rings. The summed E-state index contributed by atoms with van der Waals surface area (Å²) >= 11 is 0. The van der Waals surface area contributed by atoms with E-state index in [0.29, 0.717) is 5.56 Å². The minimum Gasteiger partial charge on any atom is -0.439 e. The molecule has 8 heteroatoms. The molecule has 2 amide bonds. The molecule has 7 nitrogen and oxygen atoms in total. The van der Waals surface area contributed by atoms with Crippen molar-refractivity contribution < 1.29 is 22.7 Å². The lowest BCUT2D eigenvalue weighted by atomic mass is 10.1. The summed E-state index contributed by atoms with van der Waals surface area (Å²) in [5.41, 5.74) is 2.48. The number of benzene rings is 2. The normalized spacial score (nSPS) is 15.7. The van der Waals surface area contributed by atoms with Gasteiger partial charge in [-0.25, -0.2) is 22.8 Å². The minimum atomic E-state index is -3.86. The number of carbonyl (C=O) groups excluding carboxylic acids is 2. The molecular formula is C19H20N2O5S. The van der Waals surface area contributed by atoms with Crippen LogP contribution in [-0.2, 0) is 19.6 Å². The summed E-state index contributed by atoms with van der Waals surface area (Å²) < 4.78 is 33.1. The van der Waals surface area contributed by atoms with Crippen LogP contribution in [0.25, 0.3) is 0 Å². The van der Waals surface area contributed by atoms with E-state index in [4.69, 9.17) is 4.74 Å². The zero-order valence-electron chi connectivity index (χ0n) is 15.0. The molecule has 1 atom stereocenters. The molecule has 1 fully saturated rings. The number of nitrogens with one attached hydrogen (secondary N) is 1. The van der Waals surface area contributed by atoms with Gasteiger partial charge < -0.3 is 4.74 Å². The molecule has 2 aromatic carbocycles.